The number of rotatable bonds is 8. The van der Waals surface area contributed by atoms with Gasteiger partial charge in [0.25, 0.3) is 15.7 Å². The Morgan fingerprint density at radius 2 is 1.88 bits per heavy atom. The van der Waals surface area contributed by atoms with Crippen LogP contribution in [0.2, 0.25) is 0 Å². The van der Waals surface area contributed by atoms with Gasteiger partial charge in [-0.25, -0.2) is 8.42 Å². The zero-order chi connectivity index (χ0) is 19.3. The first-order valence-corrected chi connectivity index (χ1v) is 9.36. The third kappa shape index (κ3) is 4.02. The maximum atomic E-state index is 13.1. The largest absolute Gasteiger partial charge is 0.490 e. The summed E-state index contributed by atoms with van der Waals surface area (Å²) in [5.41, 5.74) is 0.628. The van der Waals surface area contributed by atoms with Crippen molar-refractivity contribution in [3.05, 3.63) is 70.8 Å². The van der Waals surface area contributed by atoms with E-state index in [1.807, 2.05) is 0 Å². The minimum atomic E-state index is -3.95. The Morgan fingerprint density at radius 3 is 2.42 bits per heavy atom. The molecule has 0 N–H and O–H groups in total. The number of hydrogen-bond donors (Lipinski definition) is 0. The lowest BCUT2D eigenvalue weighted by atomic mass is 10.2. The fourth-order valence-electron chi connectivity index (χ4n) is 2.45. The monoisotopic (exact) mass is 376 g/mol. The van der Waals surface area contributed by atoms with Gasteiger partial charge in [-0.05, 0) is 43.7 Å². The van der Waals surface area contributed by atoms with E-state index in [2.05, 4.69) is 6.58 Å². The minimum absolute atomic E-state index is 0.0828. The van der Waals surface area contributed by atoms with Crippen LogP contribution in [0.3, 0.4) is 0 Å². The fraction of sp³-hybridized carbons (Fsp3) is 0.222. The highest BCUT2D eigenvalue weighted by Crippen LogP contribution is 2.29. The Morgan fingerprint density at radius 1 is 1.23 bits per heavy atom. The Bertz CT molecular complexity index is 908. The van der Waals surface area contributed by atoms with Gasteiger partial charge >= 0.3 is 0 Å². The van der Waals surface area contributed by atoms with Crippen LogP contribution in [-0.2, 0) is 10.0 Å². The molecule has 2 rings (SSSR count). The van der Waals surface area contributed by atoms with Gasteiger partial charge in [0.15, 0.2) is 0 Å². The van der Waals surface area contributed by atoms with Gasteiger partial charge in [-0.1, -0.05) is 18.7 Å². The lowest BCUT2D eigenvalue weighted by Gasteiger charge is -2.24. The summed E-state index contributed by atoms with van der Waals surface area (Å²) in [5, 5.41) is 11.0. The highest BCUT2D eigenvalue weighted by molar-refractivity contribution is 7.92. The summed E-state index contributed by atoms with van der Waals surface area (Å²) >= 11 is 0. The van der Waals surface area contributed by atoms with Crippen molar-refractivity contribution in [2.24, 2.45) is 0 Å². The van der Waals surface area contributed by atoms with Crippen LogP contribution in [-0.4, -0.2) is 26.5 Å². The number of nitro groups is 1. The summed E-state index contributed by atoms with van der Waals surface area (Å²) in [6.45, 7) is 7.40. The van der Waals surface area contributed by atoms with E-state index < -0.39 is 14.9 Å². The van der Waals surface area contributed by atoms with Gasteiger partial charge in [-0.3, -0.25) is 14.4 Å². The summed E-state index contributed by atoms with van der Waals surface area (Å²) in [5.74, 6) is 0.591. The van der Waals surface area contributed by atoms with E-state index in [-0.39, 0.29) is 17.1 Å². The molecule has 7 nitrogen and oxygen atoms in total. The molecule has 0 saturated heterocycles. The molecule has 138 valence electrons. The molecule has 0 spiro atoms. The zero-order valence-corrected chi connectivity index (χ0v) is 15.4. The second-order valence-corrected chi connectivity index (χ2v) is 7.30. The molecule has 0 fully saturated rings. The molecular weight excluding hydrogens is 356 g/mol. The number of sulfonamides is 1. The first kappa shape index (κ1) is 19.5. The smallest absolute Gasteiger partial charge is 0.270 e. The van der Waals surface area contributed by atoms with Gasteiger partial charge < -0.3 is 4.74 Å². The van der Waals surface area contributed by atoms with Crippen molar-refractivity contribution in [3.8, 4) is 5.75 Å². The number of non-ortho nitro benzene ring substituents is 1. The Hall–Kier alpha value is -2.87. The first-order valence-electron chi connectivity index (χ1n) is 7.92. The van der Waals surface area contributed by atoms with Crippen molar-refractivity contribution in [3.63, 3.8) is 0 Å². The van der Waals surface area contributed by atoms with Crippen molar-refractivity contribution in [1.82, 2.24) is 0 Å². The topological polar surface area (TPSA) is 89.8 Å². The second kappa shape index (κ2) is 8.01. The highest BCUT2D eigenvalue weighted by atomic mass is 32.2. The van der Waals surface area contributed by atoms with E-state index in [0.717, 1.165) is 6.07 Å². The zero-order valence-electron chi connectivity index (χ0n) is 14.6. The van der Waals surface area contributed by atoms with Crippen LogP contribution in [0, 0.1) is 17.0 Å². The molecular formula is C18H20N2O5S. The second-order valence-electron chi connectivity index (χ2n) is 5.47. The Balaban J connectivity index is 2.44. The predicted molar refractivity (Wildman–Crippen MR) is 100 cm³/mol. The number of benzene rings is 2. The summed E-state index contributed by atoms with van der Waals surface area (Å²) in [7, 11) is -3.95. The van der Waals surface area contributed by atoms with Crippen LogP contribution in [0.1, 0.15) is 12.5 Å². The van der Waals surface area contributed by atoms with Crippen molar-refractivity contribution in [2.75, 3.05) is 17.5 Å². The first-order chi connectivity index (χ1) is 12.3. The van der Waals surface area contributed by atoms with Gasteiger partial charge in [0.2, 0.25) is 0 Å². The van der Waals surface area contributed by atoms with Crippen LogP contribution in [0.25, 0.3) is 0 Å². The lowest BCUT2D eigenvalue weighted by Crippen LogP contribution is -2.31. The molecule has 0 aliphatic rings. The van der Waals surface area contributed by atoms with Gasteiger partial charge in [0.1, 0.15) is 12.4 Å². The molecule has 0 radical (unpaired) electrons. The molecule has 0 aromatic heterocycles. The number of nitrogens with zero attached hydrogens (tertiary/aromatic N) is 2. The average Bonchev–Trinajstić information content (AvgIpc) is 2.61. The molecule has 8 heteroatoms. The van der Waals surface area contributed by atoms with Crippen LogP contribution >= 0.6 is 0 Å². The number of nitro benzene ring substituents is 1. The lowest BCUT2D eigenvalue weighted by molar-refractivity contribution is -0.385. The van der Waals surface area contributed by atoms with Crippen molar-refractivity contribution in [2.45, 2.75) is 18.7 Å². The van der Waals surface area contributed by atoms with E-state index in [1.54, 1.807) is 44.2 Å². The number of anilines is 1. The molecule has 2 aromatic rings. The number of hydrogen-bond acceptors (Lipinski definition) is 5. The fourth-order valence-corrected chi connectivity index (χ4v) is 4.18. The standard InChI is InChI=1S/C18H20N2O5S/c1-4-12-25-17-10-8-15(9-11-17)19(5-2)26(23,24)18-13-16(20(21)22)7-6-14(18)3/h4,6-11,13H,1,5,12H2,2-3H3. The van der Waals surface area contributed by atoms with Crippen LogP contribution in [0.5, 0.6) is 5.75 Å². The predicted octanol–water partition coefficient (Wildman–Crippen LogP) is 3.68. The quantitative estimate of drug-likeness (QED) is 0.398. The minimum Gasteiger partial charge on any atom is -0.490 e. The molecule has 2 aromatic carbocycles. The summed E-state index contributed by atoms with van der Waals surface area (Å²) in [6, 6.07) is 10.4. The molecule has 0 bridgehead atoms. The third-order valence-electron chi connectivity index (χ3n) is 3.73. The van der Waals surface area contributed by atoms with Gasteiger partial charge in [0, 0.05) is 18.7 Å². The average molecular weight is 376 g/mol. The molecule has 0 amide bonds. The number of aryl methyl sites for hydroxylation is 1. The molecule has 26 heavy (non-hydrogen) atoms. The Labute approximate surface area is 152 Å². The molecule has 0 saturated carbocycles. The van der Waals surface area contributed by atoms with Crippen LogP contribution in [0.4, 0.5) is 11.4 Å². The van der Waals surface area contributed by atoms with E-state index in [4.69, 9.17) is 4.74 Å². The summed E-state index contributed by atoms with van der Waals surface area (Å²) < 4.78 is 32.7. The van der Waals surface area contributed by atoms with E-state index in [9.17, 15) is 18.5 Å². The maximum Gasteiger partial charge on any atom is 0.270 e. The Kier molecular flexibility index (Phi) is 5.99. The van der Waals surface area contributed by atoms with Crippen molar-refractivity contribution >= 4 is 21.4 Å². The molecule has 0 atom stereocenters. The van der Waals surface area contributed by atoms with E-state index in [0.29, 0.717) is 23.6 Å². The molecule has 0 aliphatic heterocycles. The highest BCUT2D eigenvalue weighted by Gasteiger charge is 2.27. The van der Waals surface area contributed by atoms with Crippen LogP contribution < -0.4 is 9.04 Å². The molecule has 0 aliphatic carbocycles. The normalized spacial score (nSPS) is 11.0. The van der Waals surface area contributed by atoms with Crippen LogP contribution in [0.15, 0.2) is 60.0 Å². The van der Waals surface area contributed by atoms with Gasteiger partial charge in [0.05, 0.1) is 15.5 Å². The van der Waals surface area contributed by atoms with Crippen molar-refractivity contribution in [1.29, 1.82) is 0 Å². The third-order valence-corrected chi connectivity index (χ3v) is 5.78. The van der Waals surface area contributed by atoms with Crippen molar-refractivity contribution < 1.29 is 18.1 Å². The summed E-state index contributed by atoms with van der Waals surface area (Å²) in [6.07, 6.45) is 1.61. The summed E-state index contributed by atoms with van der Waals surface area (Å²) in [4.78, 5) is 10.3. The molecule has 0 heterocycles. The van der Waals surface area contributed by atoms with Gasteiger partial charge in [-0.15, -0.1) is 0 Å². The van der Waals surface area contributed by atoms with E-state index in [1.165, 1.54) is 16.4 Å². The SMILES string of the molecule is C=CCOc1ccc(N(CC)S(=O)(=O)c2cc([N+](=O)[O-])ccc2C)cc1. The van der Waals surface area contributed by atoms with Gasteiger partial charge in [-0.2, -0.15) is 0 Å². The molecule has 0 unspecified atom stereocenters. The van der Waals surface area contributed by atoms with E-state index >= 15 is 0 Å². The number of ether oxygens (including phenoxy) is 1. The maximum absolute atomic E-state index is 13.1.